The van der Waals surface area contributed by atoms with Crippen molar-refractivity contribution in [1.82, 2.24) is 19.8 Å². The minimum Gasteiger partial charge on any atom is -0.378 e. The van der Waals surface area contributed by atoms with Crippen LogP contribution in [0.2, 0.25) is 0 Å². The van der Waals surface area contributed by atoms with E-state index in [1.54, 1.807) is 16.6 Å². The molecule has 1 saturated heterocycles. The summed E-state index contributed by atoms with van der Waals surface area (Å²) in [5.74, 6) is 1.09. The van der Waals surface area contributed by atoms with E-state index in [1.165, 1.54) is 12.1 Å². The van der Waals surface area contributed by atoms with Crippen molar-refractivity contribution in [3.05, 3.63) is 42.2 Å². The Morgan fingerprint density at radius 2 is 2.00 bits per heavy atom. The number of nitrogens with two attached hydrogens (primary N) is 1. The average Bonchev–Trinajstić information content (AvgIpc) is 3.12. The maximum absolute atomic E-state index is 13.6. The summed E-state index contributed by atoms with van der Waals surface area (Å²) in [6.07, 6.45) is 3.11. The molecule has 3 aromatic rings. The molecular formula is C19H23FN6O. The van der Waals surface area contributed by atoms with E-state index in [1.807, 2.05) is 12.1 Å². The Balaban J connectivity index is 1.51. The van der Waals surface area contributed by atoms with Crippen LogP contribution in [0.3, 0.4) is 0 Å². The summed E-state index contributed by atoms with van der Waals surface area (Å²) in [5.41, 5.74) is 6.80. The zero-order valence-electron chi connectivity index (χ0n) is 15.1. The molecule has 1 aromatic carbocycles. The minimum absolute atomic E-state index is 0.286. The lowest BCUT2D eigenvalue weighted by molar-refractivity contribution is 0.0365. The lowest BCUT2D eigenvalue weighted by atomic mass is 10.1. The zero-order chi connectivity index (χ0) is 18.6. The third kappa shape index (κ3) is 3.91. The fourth-order valence-corrected chi connectivity index (χ4v) is 3.34. The number of halogens is 1. The maximum Gasteiger partial charge on any atom is 0.185 e. The van der Waals surface area contributed by atoms with Gasteiger partial charge in [-0.2, -0.15) is 4.52 Å². The number of fused-ring (bicyclic) bond motifs is 1. The van der Waals surface area contributed by atoms with E-state index >= 15 is 0 Å². The molecule has 0 saturated carbocycles. The molecule has 1 aliphatic heterocycles. The van der Waals surface area contributed by atoms with E-state index in [-0.39, 0.29) is 11.9 Å². The Morgan fingerprint density at radius 1 is 1.15 bits per heavy atom. The highest BCUT2D eigenvalue weighted by Gasteiger charge is 2.21. The van der Waals surface area contributed by atoms with Gasteiger partial charge in [-0.05, 0) is 50.1 Å². The number of nitrogens with zero attached hydrogens (tertiary/aromatic N) is 5. The van der Waals surface area contributed by atoms with Gasteiger partial charge in [0.15, 0.2) is 11.5 Å². The van der Waals surface area contributed by atoms with E-state index in [0.29, 0.717) is 23.6 Å². The van der Waals surface area contributed by atoms with Crippen LogP contribution < -0.4 is 10.6 Å². The van der Waals surface area contributed by atoms with E-state index in [0.717, 1.165) is 44.8 Å². The number of hydrogen-bond acceptors (Lipinski definition) is 6. The molecule has 0 radical (unpaired) electrons. The van der Waals surface area contributed by atoms with Crippen molar-refractivity contribution < 1.29 is 9.13 Å². The zero-order valence-corrected chi connectivity index (χ0v) is 15.1. The second-order valence-corrected chi connectivity index (χ2v) is 6.69. The summed E-state index contributed by atoms with van der Waals surface area (Å²) >= 11 is 0. The Morgan fingerprint density at radius 3 is 2.78 bits per heavy atom. The van der Waals surface area contributed by atoms with Gasteiger partial charge in [-0.15, -0.1) is 15.3 Å². The average molecular weight is 370 g/mol. The van der Waals surface area contributed by atoms with Gasteiger partial charge in [-0.1, -0.05) is 12.1 Å². The van der Waals surface area contributed by atoms with Gasteiger partial charge in [0.25, 0.3) is 0 Å². The third-order valence-electron chi connectivity index (χ3n) is 4.80. The van der Waals surface area contributed by atoms with Crippen LogP contribution in [0, 0.1) is 5.82 Å². The first-order chi connectivity index (χ1) is 13.2. The quantitative estimate of drug-likeness (QED) is 0.671. The molecule has 0 spiro atoms. The molecule has 2 N–H and O–H groups in total. The van der Waals surface area contributed by atoms with E-state index < -0.39 is 0 Å². The van der Waals surface area contributed by atoms with Crippen LogP contribution in [0.25, 0.3) is 17.0 Å². The molecule has 0 unspecified atom stereocenters. The van der Waals surface area contributed by atoms with Crippen LogP contribution in [-0.2, 0) is 4.74 Å². The molecule has 2 aromatic heterocycles. The van der Waals surface area contributed by atoms with Crippen molar-refractivity contribution in [2.75, 3.05) is 31.1 Å². The Labute approximate surface area is 156 Å². The van der Waals surface area contributed by atoms with Crippen LogP contribution in [0.5, 0.6) is 0 Å². The first kappa shape index (κ1) is 17.8. The molecule has 1 aliphatic rings. The number of aromatic nitrogens is 4. The van der Waals surface area contributed by atoms with Gasteiger partial charge in [-0.3, -0.25) is 0 Å². The summed E-state index contributed by atoms with van der Waals surface area (Å²) in [7, 11) is 0. The molecule has 3 heterocycles. The summed E-state index contributed by atoms with van der Waals surface area (Å²) < 4.78 is 21.1. The van der Waals surface area contributed by atoms with Gasteiger partial charge in [0.2, 0.25) is 0 Å². The Bertz CT molecular complexity index is 906. The molecule has 0 aliphatic carbocycles. The van der Waals surface area contributed by atoms with Crippen LogP contribution in [-0.4, -0.2) is 52.2 Å². The fraction of sp³-hybridized carbons (Fsp3) is 0.421. The predicted molar refractivity (Wildman–Crippen MR) is 101 cm³/mol. The summed E-state index contributed by atoms with van der Waals surface area (Å²) in [6.45, 7) is 3.14. The number of rotatable bonds is 6. The van der Waals surface area contributed by atoms with Gasteiger partial charge in [0.1, 0.15) is 11.6 Å². The normalized spacial score (nSPS) is 15.6. The molecule has 8 heteroatoms. The fourth-order valence-electron chi connectivity index (χ4n) is 3.34. The molecular weight excluding hydrogens is 347 g/mol. The van der Waals surface area contributed by atoms with Gasteiger partial charge < -0.3 is 15.4 Å². The molecule has 7 nitrogen and oxygen atoms in total. The molecule has 142 valence electrons. The predicted octanol–water partition coefficient (Wildman–Crippen LogP) is 2.26. The van der Waals surface area contributed by atoms with Gasteiger partial charge >= 0.3 is 0 Å². The van der Waals surface area contributed by atoms with Gasteiger partial charge in [0, 0.05) is 25.3 Å². The SMILES string of the molecule is NCCCOC1CCN(c2ccc3nnc(-c4cccc(F)c4)n3n2)CC1. The molecule has 0 bridgehead atoms. The smallest absolute Gasteiger partial charge is 0.185 e. The number of ether oxygens (including phenoxy) is 1. The molecule has 4 rings (SSSR count). The van der Waals surface area contributed by atoms with Crippen molar-refractivity contribution in [3.8, 4) is 11.4 Å². The van der Waals surface area contributed by atoms with Crippen LogP contribution in [0.4, 0.5) is 10.2 Å². The lowest BCUT2D eigenvalue weighted by Crippen LogP contribution is -2.38. The Kier molecular flexibility index (Phi) is 5.26. The van der Waals surface area contributed by atoms with Crippen LogP contribution >= 0.6 is 0 Å². The minimum atomic E-state index is -0.308. The molecule has 0 amide bonds. The van der Waals surface area contributed by atoms with Gasteiger partial charge in [0.05, 0.1) is 6.10 Å². The van der Waals surface area contributed by atoms with Crippen molar-refractivity contribution in [2.24, 2.45) is 5.73 Å². The first-order valence-corrected chi connectivity index (χ1v) is 9.29. The second kappa shape index (κ2) is 7.98. The highest BCUT2D eigenvalue weighted by Crippen LogP contribution is 2.23. The second-order valence-electron chi connectivity index (χ2n) is 6.69. The molecule has 0 atom stereocenters. The van der Waals surface area contributed by atoms with Crippen molar-refractivity contribution >= 4 is 11.5 Å². The topological polar surface area (TPSA) is 81.6 Å². The van der Waals surface area contributed by atoms with Crippen LogP contribution in [0.1, 0.15) is 19.3 Å². The lowest BCUT2D eigenvalue weighted by Gasteiger charge is -2.32. The first-order valence-electron chi connectivity index (χ1n) is 9.29. The summed E-state index contributed by atoms with van der Waals surface area (Å²) in [4.78, 5) is 2.23. The Hall–Kier alpha value is -2.58. The highest BCUT2D eigenvalue weighted by atomic mass is 19.1. The number of piperidine rings is 1. The van der Waals surface area contributed by atoms with Gasteiger partial charge in [-0.25, -0.2) is 4.39 Å². The van der Waals surface area contributed by atoms with Crippen LogP contribution in [0.15, 0.2) is 36.4 Å². The maximum atomic E-state index is 13.6. The molecule has 1 fully saturated rings. The van der Waals surface area contributed by atoms with E-state index in [4.69, 9.17) is 15.6 Å². The molecule has 27 heavy (non-hydrogen) atoms. The van der Waals surface area contributed by atoms with Crippen molar-refractivity contribution in [1.29, 1.82) is 0 Å². The number of anilines is 1. The number of hydrogen-bond donors (Lipinski definition) is 1. The summed E-state index contributed by atoms with van der Waals surface area (Å²) in [5, 5.41) is 13.0. The standard InChI is InChI=1S/C19H23FN6O/c20-15-4-1-3-14(13-15)19-23-22-17-5-6-18(24-26(17)19)25-10-7-16(8-11-25)27-12-2-9-21/h1,3-6,13,16H,2,7-12,21H2. The van der Waals surface area contributed by atoms with Crippen molar-refractivity contribution in [3.63, 3.8) is 0 Å². The number of benzene rings is 1. The largest absolute Gasteiger partial charge is 0.378 e. The highest BCUT2D eigenvalue weighted by molar-refractivity contribution is 5.59. The van der Waals surface area contributed by atoms with Crippen molar-refractivity contribution in [2.45, 2.75) is 25.4 Å². The van der Waals surface area contributed by atoms with E-state index in [2.05, 4.69) is 15.1 Å². The van der Waals surface area contributed by atoms with E-state index in [9.17, 15) is 4.39 Å². The summed E-state index contributed by atoms with van der Waals surface area (Å²) in [6, 6.07) is 10.2. The third-order valence-corrected chi connectivity index (χ3v) is 4.80. The monoisotopic (exact) mass is 370 g/mol.